The molecule has 0 saturated carbocycles. The maximum Gasteiger partial charge on any atom is 0.471 e. The third kappa shape index (κ3) is 4.77. The van der Waals surface area contributed by atoms with Gasteiger partial charge in [0.15, 0.2) is 0 Å². The SMILES string of the molecule is CCC(CNC(=O)C(F)(F)F)c1ccc(C(=O)OC)cc1. The number of hydrogen-bond acceptors (Lipinski definition) is 3. The molecule has 1 rings (SSSR count). The highest BCUT2D eigenvalue weighted by molar-refractivity contribution is 5.89. The Hall–Kier alpha value is -2.05. The molecule has 1 atom stereocenters. The minimum absolute atomic E-state index is 0.119. The van der Waals surface area contributed by atoms with Crippen LogP contribution >= 0.6 is 0 Å². The number of rotatable bonds is 5. The van der Waals surface area contributed by atoms with Gasteiger partial charge in [-0.2, -0.15) is 13.2 Å². The van der Waals surface area contributed by atoms with Gasteiger partial charge in [0.2, 0.25) is 0 Å². The number of hydrogen-bond donors (Lipinski definition) is 1. The fourth-order valence-corrected chi connectivity index (χ4v) is 1.82. The van der Waals surface area contributed by atoms with Crippen LogP contribution in [0.15, 0.2) is 24.3 Å². The summed E-state index contributed by atoms with van der Waals surface area (Å²) in [6.45, 7) is 1.69. The number of halogens is 3. The van der Waals surface area contributed by atoms with Crippen molar-refractivity contribution < 1.29 is 27.5 Å². The van der Waals surface area contributed by atoms with Gasteiger partial charge in [-0.25, -0.2) is 4.79 Å². The smallest absolute Gasteiger partial charge is 0.465 e. The van der Waals surface area contributed by atoms with E-state index < -0.39 is 18.1 Å². The number of amides is 1. The number of esters is 1. The van der Waals surface area contributed by atoms with E-state index in [0.717, 1.165) is 5.56 Å². The molecule has 1 unspecified atom stereocenters. The van der Waals surface area contributed by atoms with E-state index in [9.17, 15) is 22.8 Å². The van der Waals surface area contributed by atoms with E-state index in [1.54, 1.807) is 19.1 Å². The molecule has 0 aromatic heterocycles. The first-order chi connectivity index (χ1) is 9.79. The number of carbonyl (C=O) groups is 2. The Morgan fingerprint density at radius 1 is 1.24 bits per heavy atom. The molecule has 0 radical (unpaired) electrons. The van der Waals surface area contributed by atoms with Crippen molar-refractivity contribution in [3.63, 3.8) is 0 Å². The van der Waals surface area contributed by atoms with E-state index in [0.29, 0.717) is 12.0 Å². The van der Waals surface area contributed by atoms with Crippen LogP contribution in [0.25, 0.3) is 0 Å². The van der Waals surface area contributed by atoms with Crippen LogP contribution in [0.2, 0.25) is 0 Å². The molecule has 0 aliphatic rings. The highest BCUT2D eigenvalue weighted by Gasteiger charge is 2.38. The minimum atomic E-state index is -4.88. The maximum atomic E-state index is 12.1. The fourth-order valence-electron chi connectivity index (χ4n) is 1.82. The van der Waals surface area contributed by atoms with Gasteiger partial charge < -0.3 is 10.1 Å². The van der Waals surface area contributed by atoms with Gasteiger partial charge in [-0.05, 0) is 24.1 Å². The Morgan fingerprint density at radius 2 is 1.81 bits per heavy atom. The summed E-state index contributed by atoms with van der Waals surface area (Å²) in [6.07, 6.45) is -4.33. The van der Waals surface area contributed by atoms with E-state index in [-0.39, 0.29) is 12.5 Å². The van der Waals surface area contributed by atoms with Gasteiger partial charge in [0.1, 0.15) is 0 Å². The van der Waals surface area contributed by atoms with Gasteiger partial charge in [0, 0.05) is 12.5 Å². The monoisotopic (exact) mass is 303 g/mol. The lowest BCUT2D eigenvalue weighted by Gasteiger charge is -2.17. The predicted octanol–water partition coefficient (Wildman–Crippen LogP) is 2.65. The minimum Gasteiger partial charge on any atom is -0.465 e. The van der Waals surface area contributed by atoms with Crippen LogP contribution in [-0.4, -0.2) is 31.7 Å². The quantitative estimate of drug-likeness (QED) is 0.851. The predicted molar refractivity (Wildman–Crippen MR) is 69.9 cm³/mol. The van der Waals surface area contributed by atoms with Crippen LogP contribution in [-0.2, 0) is 9.53 Å². The molecule has 1 N–H and O–H groups in total. The van der Waals surface area contributed by atoms with Crippen LogP contribution < -0.4 is 5.32 Å². The van der Waals surface area contributed by atoms with Crippen molar-refractivity contribution in [2.75, 3.05) is 13.7 Å². The van der Waals surface area contributed by atoms with Crippen LogP contribution in [0, 0.1) is 0 Å². The van der Waals surface area contributed by atoms with Gasteiger partial charge in [-0.3, -0.25) is 4.79 Å². The van der Waals surface area contributed by atoms with Crippen molar-refractivity contribution in [3.8, 4) is 0 Å². The van der Waals surface area contributed by atoms with Crippen LogP contribution in [0.3, 0.4) is 0 Å². The molecule has 0 aliphatic heterocycles. The van der Waals surface area contributed by atoms with Crippen molar-refractivity contribution in [3.05, 3.63) is 35.4 Å². The fraction of sp³-hybridized carbons (Fsp3) is 0.429. The van der Waals surface area contributed by atoms with E-state index in [4.69, 9.17) is 0 Å². The highest BCUT2D eigenvalue weighted by Crippen LogP contribution is 2.21. The zero-order chi connectivity index (χ0) is 16.0. The number of benzene rings is 1. The molecule has 0 saturated heterocycles. The first-order valence-electron chi connectivity index (χ1n) is 6.32. The van der Waals surface area contributed by atoms with Crippen molar-refractivity contribution >= 4 is 11.9 Å². The second kappa shape index (κ2) is 7.10. The molecule has 0 fully saturated rings. The van der Waals surface area contributed by atoms with Gasteiger partial charge in [-0.1, -0.05) is 19.1 Å². The second-order valence-corrected chi connectivity index (χ2v) is 4.43. The summed E-state index contributed by atoms with van der Waals surface area (Å²) in [5.74, 6) is -2.70. The van der Waals surface area contributed by atoms with Crippen LogP contribution in [0.4, 0.5) is 13.2 Å². The van der Waals surface area contributed by atoms with Gasteiger partial charge in [-0.15, -0.1) is 0 Å². The average molecular weight is 303 g/mol. The first-order valence-corrected chi connectivity index (χ1v) is 6.32. The maximum absolute atomic E-state index is 12.1. The zero-order valence-corrected chi connectivity index (χ0v) is 11.7. The molecule has 7 heteroatoms. The van der Waals surface area contributed by atoms with Gasteiger partial charge >= 0.3 is 18.1 Å². The molecular formula is C14H16F3NO3. The third-order valence-electron chi connectivity index (χ3n) is 3.06. The van der Waals surface area contributed by atoms with E-state index in [1.807, 2.05) is 5.32 Å². The Balaban J connectivity index is 2.72. The standard InChI is InChI=1S/C14H16F3NO3/c1-3-9(8-18-13(20)14(15,16)17)10-4-6-11(7-5-10)12(19)21-2/h4-7,9H,3,8H2,1-2H3,(H,18,20). The van der Waals surface area contributed by atoms with Crippen molar-refractivity contribution in [1.82, 2.24) is 5.32 Å². The Kier molecular flexibility index (Phi) is 5.75. The number of ether oxygens (including phenoxy) is 1. The summed E-state index contributed by atoms with van der Waals surface area (Å²) in [5, 5.41) is 1.87. The number of methoxy groups -OCH3 is 1. The molecule has 0 heterocycles. The zero-order valence-electron chi connectivity index (χ0n) is 11.7. The van der Waals surface area contributed by atoms with E-state index >= 15 is 0 Å². The molecule has 116 valence electrons. The molecule has 0 spiro atoms. The van der Waals surface area contributed by atoms with Crippen molar-refractivity contribution in [1.29, 1.82) is 0 Å². The summed E-state index contributed by atoms with van der Waals surface area (Å²) in [4.78, 5) is 22.1. The molecular weight excluding hydrogens is 287 g/mol. The van der Waals surface area contributed by atoms with E-state index in [2.05, 4.69) is 4.74 Å². The molecule has 4 nitrogen and oxygen atoms in total. The summed E-state index contributed by atoms with van der Waals surface area (Å²) in [7, 11) is 1.26. The summed E-state index contributed by atoms with van der Waals surface area (Å²) in [6, 6.07) is 6.35. The molecule has 0 aliphatic carbocycles. The van der Waals surface area contributed by atoms with Gasteiger partial charge in [0.25, 0.3) is 0 Å². The van der Waals surface area contributed by atoms with Crippen LogP contribution in [0.1, 0.15) is 35.2 Å². The number of alkyl halides is 3. The summed E-state index contributed by atoms with van der Waals surface area (Å²) in [5.41, 5.74) is 1.10. The Bertz CT molecular complexity index is 497. The lowest BCUT2D eigenvalue weighted by atomic mass is 9.95. The lowest BCUT2D eigenvalue weighted by Crippen LogP contribution is -2.38. The largest absolute Gasteiger partial charge is 0.471 e. The number of nitrogens with one attached hydrogen (secondary N) is 1. The molecule has 21 heavy (non-hydrogen) atoms. The summed E-state index contributed by atoms with van der Waals surface area (Å²) >= 11 is 0. The molecule has 1 aromatic carbocycles. The molecule has 1 aromatic rings. The van der Waals surface area contributed by atoms with Crippen LogP contribution in [0.5, 0.6) is 0 Å². The highest BCUT2D eigenvalue weighted by atomic mass is 19.4. The van der Waals surface area contributed by atoms with Crippen molar-refractivity contribution in [2.45, 2.75) is 25.4 Å². The number of carbonyl (C=O) groups excluding carboxylic acids is 2. The van der Waals surface area contributed by atoms with Gasteiger partial charge in [0.05, 0.1) is 12.7 Å². The summed E-state index contributed by atoms with van der Waals surface area (Å²) < 4.78 is 40.9. The Morgan fingerprint density at radius 3 is 2.24 bits per heavy atom. The average Bonchev–Trinajstić information content (AvgIpc) is 2.46. The lowest BCUT2D eigenvalue weighted by molar-refractivity contribution is -0.173. The normalized spacial score (nSPS) is 12.6. The second-order valence-electron chi connectivity index (χ2n) is 4.43. The third-order valence-corrected chi connectivity index (χ3v) is 3.06. The van der Waals surface area contributed by atoms with Crippen molar-refractivity contribution in [2.24, 2.45) is 0 Å². The molecule has 1 amide bonds. The first kappa shape index (κ1) is 17.0. The Labute approximate surface area is 120 Å². The topological polar surface area (TPSA) is 55.4 Å². The van der Waals surface area contributed by atoms with E-state index in [1.165, 1.54) is 19.2 Å². The molecule has 0 bridgehead atoms.